The molecule has 72 valence electrons. The van der Waals surface area contributed by atoms with Gasteiger partial charge in [0.05, 0.1) is 11.9 Å². The van der Waals surface area contributed by atoms with E-state index in [0.717, 1.165) is 6.42 Å². The number of rotatable bonds is 3. The Balaban J connectivity index is 2.58. The topological polar surface area (TPSA) is 46.6 Å². The van der Waals surface area contributed by atoms with Crippen LogP contribution in [0.4, 0.5) is 0 Å². The van der Waals surface area contributed by atoms with Crippen molar-refractivity contribution in [2.45, 2.75) is 19.4 Å². The fourth-order valence-corrected chi connectivity index (χ4v) is 2.47. The standard InChI is InChI=1S/C7H15NO3S/c1-3-12(9,10)8-5-4-7(6-8)11-2/h7H,3-6H2,1-2H3/t7-/m0/s1. The van der Waals surface area contributed by atoms with Gasteiger partial charge in [0.2, 0.25) is 10.0 Å². The van der Waals surface area contributed by atoms with Crippen LogP contribution in [0.25, 0.3) is 0 Å². The molecule has 1 saturated heterocycles. The fraction of sp³-hybridized carbons (Fsp3) is 1.00. The van der Waals surface area contributed by atoms with E-state index in [9.17, 15) is 8.42 Å². The van der Waals surface area contributed by atoms with Crippen LogP contribution in [-0.4, -0.2) is 44.8 Å². The smallest absolute Gasteiger partial charge is 0.213 e. The molecule has 1 rings (SSSR count). The highest BCUT2D eigenvalue weighted by Crippen LogP contribution is 2.15. The SMILES string of the molecule is CCS(=O)(=O)N1CC[C@H](OC)C1. The van der Waals surface area contributed by atoms with Gasteiger partial charge >= 0.3 is 0 Å². The zero-order valence-electron chi connectivity index (χ0n) is 7.49. The summed E-state index contributed by atoms with van der Waals surface area (Å²) < 4.78 is 29.2. The molecule has 4 nitrogen and oxygen atoms in total. The quantitative estimate of drug-likeness (QED) is 0.636. The Bertz CT molecular complexity index is 237. The van der Waals surface area contributed by atoms with Crippen LogP contribution in [0.3, 0.4) is 0 Å². The lowest BCUT2D eigenvalue weighted by molar-refractivity contribution is 0.115. The molecular weight excluding hydrogens is 178 g/mol. The first-order valence-electron chi connectivity index (χ1n) is 4.10. The first-order valence-corrected chi connectivity index (χ1v) is 5.71. The van der Waals surface area contributed by atoms with Crippen molar-refractivity contribution >= 4 is 10.0 Å². The monoisotopic (exact) mass is 193 g/mol. The normalized spacial score (nSPS) is 26.3. The van der Waals surface area contributed by atoms with Crippen molar-refractivity contribution in [3.05, 3.63) is 0 Å². The molecule has 0 unspecified atom stereocenters. The Morgan fingerprint density at radius 2 is 2.25 bits per heavy atom. The van der Waals surface area contributed by atoms with Gasteiger partial charge in [0, 0.05) is 20.2 Å². The molecule has 0 bridgehead atoms. The summed E-state index contributed by atoms with van der Waals surface area (Å²) in [7, 11) is -1.37. The van der Waals surface area contributed by atoms with Crippen LogP contribution in [0.1, 0.15) is 13.3 Å². The van der Waals surface area contributed by atoms with Crippen molar-refractivity contribution in [2.75, 3.05) is 26.0 Å². The maximum atomic E-state index is 11.3. The lowest BCUT2D eigenvalue weighted by Crippen LogP contribution is -2.31. The van der Waals surface area contributed by atoms with Crippen LogP contribution in [0, 0.1) is 0 Å². The molecule has 5 heteroatoms. The van der Waals surface area contributed by atoms with Gasteiger partial charge in [-0.15, -0.1) is 0 Å². The Morgan fingerprint density at radius 1 is 1.58 bits per heavy atom. The van der Waals surface area contributed by atoms with Crippen LogP contribution >= 0.6 is 0 Å². The molecule has 0 spiro atoms. The second kappa shape index (κ2) is 3.72. The third-order valence-electron chi connectivity index (χ3n) is 2.20. The van der Waals surface area contributed by atoms with E-state index in [1.165, 1.54) is 4.31 Å². The van der Waals surface area contributed by atoms with Gasteiger partial charge in [-0.05, 0) is 13.3 Å². The minimum Gasteiger partial charge on any atom is -0.380 e. The van der Waals surface area contributed by atoms with Crippen molar-refractivity contribution in [3.8, 4) is 0 Å². The average molecular weight is 193 g/mol. The Labute approximate surface area is 73.6 Å². The van der Waals surface area contributed by atoms with Crippen molar-refractivity contribution in [3.63, 3.8) is 0 Å². The molecule has 0 N–H and O–H groups in total. The van der Waals surface area contributed by atoms with Crippen LogP contribution in [0.15, 0.2) is 0 Å². The molecular formula is C7H15NO3S. The van der Waals surface area contributed by atoms with Gasteiger partial charge in [0.15, 0.2) is 0 Å². The Morgan fingerprint density at radius 3 is 2.67 bits per heavy atom. The maximum absolute atomic E-state index is 11.3. The molecule has 12 heavy (non-hydrogen) atoms. The highest BCUT2D eigenvalue weighted by Gasteiger charge is 2.29. The van der Waals surface area contributed by atoms with E-state index in [1.807, 2.05) is 0 Å². The van der Waals surface area contributed by atoms with Crippen LogP contribution < -0.4 is 0 Å². The van der Waals surface area contributed by atoms with Gasteiger partial charge in [-0.25, -0.2) is 8.42 Å². The summed E-state index contributed by atoms with van der Waals surface area (Å²) in [5, 5.41) is 0. The largest absolute Gasteiger partial charge is 0.380 e. The molecule has 0 aromatic carbocycles. The van der Waals surface area contributed by atoms with Crippen LogP contribution in [-0.2, 0) is 14.8 Å². The number of hydrogen-bond donors (Lipinski definition) is 0. The van der Waals surface area contributed by atoms with Gasteiger partial charge in [-0.3, -0.25) is 0 Å². The minimum atomic E-state index is -2.99. The van der Waals surface area contributed by atoms with Gasteiger partial charge < -0.3 is 4.74 Å². The third-order valence-corrected chi connectivity index (χ3v) is 4.05. The summed E-state index contributed by atoms with van der Waals surface area (Å²) in [5.41, 5.74) is 0. The summed E-state index contributed by atoms with van der Waals surface area (Å²) >= 11 is 0. The van der Waals surface area contributed by atoms with Crippen LogP contribution in [0.2, 0.25) is 0 Å². The van der Waals surface area contributed by atoms with Crippen LogP contribution in [0.5, 0.6) is 0 Å². The number of ether oxygens (including phenoxy) is 1. The molecule has 1 fully saturated rings. The van der Waals surface area contributed by atoms with Crippen molar-refractivity contribution in [1.29, 1.82) is 0 Å². The third kappa shape index (κ3) is 1.97. The predicted octanol–water partition coefficient (Wildman–Crippen LogP) is 0.0568. The highest BCUT2D eigenvalue weighted by molar-refractivity contribution is 7.89. The molecule has 0 aromatic rings. The van der Waals surface area contributed by atoms with Crippen molar-refractivity contribution in [2.24, 2.45) is 0 Å². The summed E-state index contributed by atoms with van der Waals surface area (Å²) in [5.74, 6) is 0.184. The van der Waals surface area contributed by atoms with Gasteiger partial charge in [-0.2, -0.15) is 4.31 Å². The molecule has 0 aromatic heterocycles. The Kier molecular flexibility index (Phi) is 3.09. The summed E-state index contributed by atoms with van der Waals surface area (Å²) in [6.07, 6.45) is 0.904. The number of methoxy groups -OCH3 is 1. The van der Waals surface area contributed by atoms with E-state index in [2.05, 4.69) is 0 Å². The molecule has 1 aliphatic rings. The van der Waals surface area contributed by atoms with Crippen molar-refractivity contribution in [1.82, 2.24) is 4.31 Å². The molecule has 0 saturated carbocycles. The van der Waals surface area contributed by atoms with E-state index in [-0.39, 0.29) is 11.9 Å². The lowest BCUT2D eigenvalue weighted by atomic mass is 10.3. The zero-order chi connectivity index (χ0) is 9.19. The molecule has 0 radical (unpaired) electrons. The van der Waals surface area contributed by atoms with E-state index in [0.29, 0.717) is 13.1 Å². The van der Waals surface area contributed by atoms with E-state index in [4.69, 9.17) is 4.74 Å². The maximum Gasteiger partial charge on any atom is 0.213 e. The molecule has 1 heterocycles. The second-order valence-electron chi connectivity index (χ2n) is 2.90. The fourth-order valence-electron chi connectivity index (χ4n) is 1.33. The van der Waals surface area contributed by atoms with Crippen molar-refractivity contribution < 1.29 is 13.2 Å². The summed E-state index contributed by atoms with van der Waals surface area (Å²) in [6, 6.07) is 0. The molecule has 1 atom stereocenters. The van der Waals surface area contributed by atoms with E-state index >= 15 is 0 Å². The molecule has 0 amide bonds. The number of hydrogen-bond acceptors (Lipinski definition) is 3. The second-order valence-corrected chi connectivity index (χ2v) is 5.16. The lowest BCUT2D eigenvalue weighted by Gasteiger charge is -2.14. The summed E-state index contributed by atoms with van der Waals surface area (Å²) in [6.45, 7) is 2.79. The first kappa shape index (κ1) is 9.95. The highest BCUT2D eigenvalue weighted by atomic mass is 32.2. The minimum absolute atomic E-state index is 0.0892. The van der Waals surface area contributed by atoms with E-state index in [1.54, 1.807) is 14.0 Å². The predicted molar refractivity (Wildman–Crippen MR) is 46.4 cm³/mol. The molecule has 0 aliphatic carbocycles. The number of sulfonamides is 1. The van der Waals surface area contributed by atoms with Gasteiger partial charge in [0.1, 0.15) is 0 Å². The first-order chi connectivity index (χ1) is 5.60. The number of nitrogens with zero attached hydrogens (tertiary/aromatic N) is 1. The average Bonchev–Trinajstić information content (AvgIpc) is 2.52. The zero-order valence-corrected chi connectivity index (χ0v) is 8.30. The van der Waals surface area contributed by atoms with E-state index < -0.39 is 10.0 Å². The van der Waals surface area contributed by atoms with Gasteiger partial charge in [-0.1, -0.05) is 0 Å². The van der Waals surface area contributed by atoms with Gasteiger partial charge in [0.25, 0.3) is 0 Å². The molecule has 1 aliphatic heterocycles. The summed E-state index contributed by atoms with van der Waals surface area (Å²) in [4.78, 5) is 0. The Hall–Kier alpha value is -0.130.